The molecule has 3 N–H and O–H groups in total. The fraction of sp³-hybridized carbons (Fsp3) is 0.545. The van der Waals surface area contributed by atoms with Gasteiger partial charge in [0, 0.05) is 23.9 Å². The van der Waals surface area contributed by atoms with E-state index in [0.29, 0.717) is 17.5 Å². The van der Waals surface area contributed by atoms with E-state index in [4.69, 9.17) is 10.5 Å². The SMILES string of the molecule is NC1C2CCOC2C1Nc1nc2sccn2c1[N+](=O)[O-]. The fourth-order valence-electron chi connectivity index (χ4n) is 3.13. The van der Waals surface area contributed by atoms with Crippen molar-refractivity contribution in [2.75, 3.05) is 11.9 Å². The van der Waals surface area contributed by atoms with Crippen LogP contribution < -0.4 is 11.1 Å². The van der Waals surface area contributed by atoms with Gasteiger partial charge in [0.15, 0.2) is 0 Å². The highest BCUT2D eigenvalue weighted by Gasteiger charge is 2.52. The molecule has 2 aromatic rings. The van der Waals surface area contributed by atoms with Crippen molar-refractivity contribution in [1.82, 2.24) is 9.38 Å². The number of rotatable bonds is 3. The summed E-state index contributed by atoms with van der Waals surface area (Å²) in [6.45, 7) is 0.710. The number of hydrogen-bond donors (Lipinski definition) is 2. The Bertz CT molecular complexity index is 683. The second-order valence-electron chi connectivity index (χ2n) is 5.13. The number of nitrogens with one attached hydrogen (secondary N) is 1. The number of anilines is 1. The molecule has 1 saturated carbocycles. The maximum Gasteiger partial charge on any atom is 0.372 e. The molecule has 0 aromatic carbocycles. The van der Waals surface area contributed by atoms with E-state index in [1.165, 1.54) is 15.7 Å². The molecule has 0 radical (unpaired) electrons. The van der Waals surface area contributed by atoms with Crippen LogP contribution in [0.25, 0.3) is 4.96 Å². The number of aromatic nitrogens is 2. The third-order valence-corrected chi connectivity index (χ3v) is 4.92. The van der Waals surface area contributed by atoms with Crippen molar-refractivity contribution in [2.45, 2.75) is 24.6 Å². The highest BCUT2D eigenvalue weighted by atomic mass is 32.1. The van der Waals surface area contributed by atoms with E-state index in [1.54, 1.807) is 11.6 Å². The van der Waals surface area contributed by atoms with Crippen LogP contribution in [-0.2, 0) is 4.74 Å². The molecule has 0 spiro atoms. The number of nitrogens with two attached hydrogens (primary N) is 1. The predicted molar refractivity (Wildman–Crippen MR) is 73.0 cm³/mol. The predicted octanol–water partition coefficient (Wildman–Crippen LogP) is 0.830. The minimum Gasteiger partial charge on any atom is -0.376 e. The number of thiazole rings is 1. The molecule has 2 aromatic heterocycles. The van der Waals surface area contributed by atoms with E-state index in [9.17, 15) is 10.1 Å². The lowest BCUT2D eigenvalue weighted by Gasteiger charge is -2.45. The molecule has 4 atom stereocenters. The maximum atomic E-state index is 11.2. The number of nitro groups is 1. The Balaban J connectivity index is 1.67. The minimum absolute atomic E-state index is 0.0400. The molecule has 0 amide bonds. The first-order chi connectivity index (χ1) is 9.66. The summed E-state index contributed by atoms with van der Waals surface area (Å²) in [5.41, 5.74) is 6.11. The summed E-state index contributed by atoms with van der Waals surface area (Å²) in [5.74, 6) is 0.585. The molecule has 9 heteroatoms. The van der Waals surface area contributed by atoms with Gasteiger partial charge in [0.2, 0.25) is 5.82 Å². The molecular weight excluding hydrogens is 282 g/mol. The average Bonchev–Trinajstić information content (AvgIpc) is 3.08. The highest BCUT2D eigenvalue weighted by Crippen LogP contribution is 2.40. The van der Waals surface area contributed by atoms with Crippen molar-refractivity contribution in [1.29, 1.82) is 0 Å². The van der Waals surface area contributed by atoms with Crippen LogP contribution in [0.15, 0.2) is 11.6 Å². The summed E-state index contributed by atoms with van der Waals surface area (Å²) in [6, 6.07) is -0.146. The summed E-state index contributed by atoms with van der Waals surface area (Å²) in [5, 5.41) is 16.1. The lowest BCUT2D eigenvalue weighted by atomic mass is 9.72. The smallest absolute Gasteiger partial charge is 0.372 e. The van der Waals surface area contributed by atoms with E-state index >= 15 is 0 Å². The van der Waals surface area contributed by atoms with Crippen molar-refractivity contribution in [2.24, 2.45) is 11.7 Å². The van der Waals surface area contributed by atoms with E-state index in [-0.39, 0.29) is 29.8 Å². The Morgan fingerprint density at radius 3 is 3.30 bits per heavy atom. The summed E-state index contributed by atoms with van der Waals surface area (Å²) in [7, 11) is 0. The van der Waals surface area contributed by atoms with Crippen LogP contribution in [0.5, 0.6) is 0 Å². The number of ether oxygens (including phenoxy) is 1. The Kier molecular flexibility index (Phi) is 2.50. The van der Waals surface area contributed by atoms with Gasteiger partial charge in [-0.15, -0.1) is 0 Å². The summed E-state index contributed by atoms with van der Waals surface area (Å²) < 4.78 is 7.10. The van der Waals surface area contributed by atoms with Crippen molar-refractivity contribution in [3.05, 3.63) is 21.7 Å². The zero-order chi connectivity index (χ0) is 13.9. The molecule has 8 nitrogen and oxygen atoms in total. The molecule has 106 valence electrons. The highest BCUT2D eigenvalue weighted by molar-refractivity contribution is 7.15. The molecule has 1 saturated heterocycles. The second kappa shape index (κ2) is 4.14. The average molecular weight is 295 g/mol. The second-order valence-corrected chi connectivity index (χ2v) is 6.01. The van der Waals surface area contributed by atoms with E-state index in [1.807, 2.05) is 0 Å². The number of fused-ring (bicyclic) bond motifs is 2. The Morgan fingerprint density at radius 2 is 2.50 bits per heavy atom. The Morgan fingerprint density at radius 1 is 1.65 bits per heavy atom. The van der Waals surface area contributed by atoms with Gasteiger partial charge in [0.25, 0.3) is 4.96 Å². The number of nitrogens with zero attached hydrogens (tertiary/aromatic N) is 3. The monoisotopic (exact) mass is 295 g/mol. The summed E-state index contributed by atoms with van der Waals surface area (Å²) in [6.07, 6.45) is 2.65. The molecule has 2 aliphatic rings. The number of imidazole rings is 1. The first-order valence-electron chi connectivity index (χ1n) is 6.40. The van der Waals surface area contributed by atoms with Gasteiger partial charge in [-0.05, 0) is 11.3 Å². The van der Waals surface area contributed by atoms with Crippen LogP contribution >= 0.6 is 11.3 Å². The summed E-state index contributed by atoms with van der Waals surface area (Å²) >= 11 is 1.36. The maximum absolute atomic E-state index is 11.2. The van der Waals surface area contributed by atoms with Gasteiger partial charge >= 0.3 is 5.82 Å². The summed E-state index contributed by atoms with van der Waals surface area (Å²) in [4.78, 5) is 15.7. The first-order valence-corrected chi connectivity index (χ1v) is 7.28. The molecule has 4 unspecified atom stereocenters. The van der Waals surface area contributed by atoms with Gasteiger partial charge in [-0.2, -0.15) is 9.38 Å². The molecule has 4 rings (SSSR count). The van der Waals surface area contributed by atoms with Gasteiger partial charge in [0.1, 0.15) is 6.20 Å². The molecular formula is C11H13N5O3S. The first kappa shape index (κ1) is 12.1. The van der Waals surface area contributed by atoms with Crippen molar-refractivity contribution in [3.8, 4) is 0 Å². The van der Waals surface area contributed by atoms with Gasteiger partial charge in [-0.25, -0.2) is 0 Å². The lowest BCUT2D eigenvalue weighted by molar-refractivity contribution is -0.389. The number of hydrogen-bond acceptors (Lipinski definition) is 7. The molecule has 20 heavy (non-hydrogen) atoms. The van der Waals surface area contributed by atoms with Crippen molar-refractivity contribution < 1.29 is 9.66 Å². The van der Waals surface area contributed by atoms with Gasteiger partial charge in [0.05, 0.1) is 12.1 Å². The van der Waals surface area contributed by atoms with Crippen LogP contribution in [-0.4, -0.2) is 39.1 Å². The van der Waals surface area contributed by atoms with Crippen LogP contribution in [0.3, 0.4) is 0 Å². The third-order valence-electron chi connectivity index (χ3n) is 4.16. The standard InChI is InChI=1S/C11H13N5O3S/c12-6-5-1-3-19-8(5)7(6)13-9-10(16(17)18)15-2-4-20-11(15)14-9/h2,4-8,13H,1,3,12H2. The van der Waals surface area contributed by atoms with Crippen molar-refractivity contribution in [3.63, 3.8) is 0 Å². The van der Waals surface area contributed by atoms with Crippen LogP contribution in [0.4, 0.5) is 11.6 Å². The zero-order valence-electron chi connectivity index (χ0n) is 10.4. The minimum atomic E-state index is -0.424. The zero-order valence-corrected chi connectivity index (χ0v) is 11.2. The van der Waals surface area contributed by atoms with Gasteiger partial charge in [-0.1, -0.05) is 11.3 Å². The van der Waals surface area contributed by atoms with Crippen molar-refractivity contribution >= 4 is 27.9 Å². The molecule has 1 aliphatic heterocycles. The Labute approximate surface area is 117 Å². The topological polar surface area (TPSA) is 108 Å². The Hall–Kier alpha value is -1.71. The lowest BCUT2D eigenvalue weighted by Crippen LogP contribution is -2.65. The molecule has 1 aliphatic carbocycles. The van der Waals surface area contributed by atoms with Gasteiger partial charge < -0.3 is 25.9 Å². The molecule has 0 bridgehead atoms. The van der Waals surface area contributed by atoms with Crippen LogP contribution in [0.1, 0.15) is 6.42 Å². The van der Waals surface area contributed by atoms with Crippen LogP contribution in [0.2, 0.25) is 0 Å². The quantitative estimate of drug-likeness (QED) is 0.641. The van der Waals surface area contributed by atoms with E-state index in [2.05, 4.69) is 10.3 Å². The van der Waals surface area contributed by atoms with Crippen LogP contribution in [0, 0.1) is 16.0 Å². The fourth-order valence-corrected chi connectivity index (χ4v) is 3.84. The van der Waals surface area contributed by atoms with Gasteiger partial charge in [-0.3, -0.25) is 0 Å². The normalized spacial score (nSPS) is 32.0. The molecule has 2 fully saturated rings. The largest absolute Gasteiger partial charge is 0.376 e. The van der Waals surface area contributed by atoms with E-state index < -0.39 is 4.92 Å². The third kappa shape index (κ3) is 1.51. The van der Waals surface area contributed by atoms with E-state index in [0.717, 1.165) is 6.42 Å². The molecule has 3 heterocycles.